The number of furan rings is 1. The van der Waals surface area contributed by atoms with Crippen LogP contribution in [0.15, 0.2) is 50.8 Å². The van der Waals surface area contributed by atoms with Crippen molar-refractivity contribution in [2.75, 3.05) is 69.6 Å². The van der Waals surface area contributed by atoms with Crippen LogP contribution in [0.25, 0.3) is 5.78 Å². The molecule has 3 aromatic heterocycles. The predicted molar refractivity (Wildman–Crippen MR) is 147 cm³/mol. The molecule has 40 heavy (non-hydrogen) atoms. The number of nitrogens with two attached hydrogens (primary N) is 1. The highest BCUT2D eigenvalue weighted by Gasteiger charge is 2.31. The van der Waals surface area contributed by atoms with Gasteiger partial charge in [0.1, 0.15) is 24.7 Å². The van der Waals surface area contributed by atoms with Crippen LogP contribution >= 0.6 is 0 Å². The largest absolute Gasteiger partial charge is 0.488 e. The second-order valence-electron chi connectivity index (χ2n) is 9.73. The lowest BCUT2D eigenvalue weighted by atomic mass is 10.2. The number of nitrogens with zero attached hydrogens (tertiary/aromatic N) is 8. The standard InChI is InChI=1S/C26H32FN9O4/c1-31-26(37)34(25-30-24-23(36(25)31)22(29-17-35(24)28)21-4-3-13-39-21)12-9-32-7-10-33(11-8-32)18-5-6-20(19(27)16-18)40-15-14-38-2/h3-6,13,16H,7-12,14-15,17,28H2,1-2H3. The Bertz CT molecular complexity index is 1580. The van der Waals surface area contributed by atoms with Gasteiger partial charge in [-0.15, -0.1) is 0 Å². The van der Waals surface area contributed by atoms with Gasteiger partial charge in [-0.05, 0) is 24.3 Å². The van der Waals surface area contributed by atoms with Crippen LogP contribution in [0, 0.1) is 5.82 Å². The maximum absolute atomic E-state index is 14.5. The summed E-state index contributed by atoms with van der Waals surface area (Å²) < 4.78 is 35.4. The van der Waals surface area contributed by atoms with E-state index >= 15 is 0 Å². The predicted octanol–water partition coefficient (Wildman–Crippen LogP) is 0.903. The number of aryl methyl sites for hydroxylation is 1. The minimum absolute atomic E-state index is 0.180. The molecule has 0 amide bonds. The second kappa shape index (κ2) is 10.8. The van der Waals surface area contributed by atoms with Crippen LogP contribution in [0.2, 0.25) is 0 Å². The van der Waals surface area contributed by atoms with E-state index < -0.39 is 0 Å². The van der Waals surface area contributed by atoms with E-state index in [1.807, 2.05) is 12.1 Å². The summed E-state index contributed by atoms with van der Waals surface area (Å²) in [5.74, 6) is 7.65. The van der Waals surface area contributed by atoms with E-state index in [4.69, 9.17) is 24.7 Å². The fourth-order valence-electron chi connectivity index (χ4n) is 5.20. The molecule has 0 spiro atoms. The summed E-state index contributed by atoms with van der Waals surface area (Å²) in [6.45, 7) is 5.09. The Balaban J connectivity index is 1.14. The van der Waals surface area contributed by atoms with Crippen LogP contribution in [0.3, 0.4) is 0 Å². The second-order valence-corrected chi connectivity index (χ2v) is 9.73. The number of halogens is 1. The first-order valence-corrected chi connectivity index (χ1v) is 13.1. The molecule has 2 aliphatic heterocycles. The summed E-state index contributed by atoms with van der Waals surface area (Å²) in [4.78, 5) is 27.0. The third-order valence-corrected chi connectivity index (χ3v) is 7.34. The molecule has 1 aromatic carbocycles. The van der Waals surface area contributed by atoms with Crippen molar-refractivity contribution in [3.05, 3.63) is 64.4 Å². The number of piperazine rings is 1. The van der Waals surface area contributed by atoms with Crippen LogP contribution in [0.1, 0.15) is 11.5 Å². The minimum atomic E-state index is -0.387. The summed E-state index contributed by atoms with van der Waals surface area (Å²) in [7, 11) is 3.28. The molecule has 2 N–H and O–H groups in total. The summed E-state index contributed by atoms with van der Waals surface area (Å²) in [6.07, 6.45) is 1.58. The van der Waals surface area contributed by atoms with Gasteiger partial charge >= 0.3 is 5.69 Å². The Morgan fingerprint density at radius 3 is 2.67 bits per heavy atom. The van der Waals surface area contributed by atoms with Gasteiger partial charge in [0.05, 0.1) is 12.9 Å². The Morgan fingerprint density at radius 1 is 1.12 bits per heavy atom. The van der Waals surface area contributed by atoms with Gasteiger partial charge in [0.15, 0.2) is 23.1 Å². The van der Waals surface area contributed by atoms with Crippen molar-refractivity contribution in [3.8, 4) is 5.75 Å². The number of benzene rings is 1. The molecular formula is C26H32FN9O4. The van der Waals surface area contributed by atoms with E-state index in [1.54, 1.807) is 41.6 Å². The lowest BCUT2D eigenvalue weighted by Gasteiger charge is -2.36. The van der Waals surface area contributed by atoms with Crippen LogP contribution in [0.4, 0.5) is 15.9 Å². The highest BCUT2D eigenvalue weighted by atomic mass is 19.1. The minimum Gasteiger partial charge on any atom is -0.488 e. The first-order valence-electron chi connectivity index (χ1n) is 13.1. The molecule has 5 heterocycles. The lowest BCUT2D eigenvalue weighted by molar-refractivity contribution is 0.144. The van der Waals surface area contributed by atoms with Crippen molar-refractivity contribution < 1.29 is 18.3 Å². The molecule has 13 nitrogen and oxygen atoms in total. The van der Waals surface area contributed by atoms with Crippen molar-refractivity contribution in [1.29, 1.82) is 0 Å². The molecule has 4 aromatic rings. The molecule has 14 heteroatoms. The summed E-state index contributed by atoms with van der Waals surface area (Å²) >= 11 is 0. The fraction of sp³-hybridized carbons (Fsp3) is 0.423. The van der Waals surface area contributed by atoms with Gasteiger partial charge in [-0.2, -0.15) is 4.98 Å². The van der Waals surface area contributed by atoms with Crippen molar-refractivity contribution in [3.63, 3.8) is 0 Å². The van der Waals surface area contributed by atoms with Crippen molar-refractivity contribution in [2.45, 2.75) is 6.54 Å². The number of imidazole rings is 1. The van der Waals surface area contributed by atoms with Gasteiger partial charge in [-0.3, -0.25) is 19.5 Å². The molecule has 0 unspecified atom stereocenters. The maximum atomic E-state index is 14.5. The Morgan fingerprint density at radius 2 is 1.95 bits per heavy atom. The van der Waals surface area contributed by atoms with E-state index in [-0.39, 0.29) is 23.9 Å². The number of aliphatic imine (C=N–C) groups is 1. The molecule has 0 radical (unpaired) electrons. The van der Waals surface area contributed by atoms with Crippen LogP contribution < -0.4 is 26.2 Å². The smallest absolute Gasteiger partial charge is 0.345 e. The molecule has 1 saturated heterocycles. The van der Waals surface area contributed by atoms with Crippen LogP contribution in [-0.4, -0.2) is 89.1 Å². The highest BCUT2D eigenvalue weighted by molar-refractivity contribution is 6.14. The van der Waals surface area contributed by atoms with E-state index in [9.17, 15) is 9.18 Å². The van der Waals surface area contributed by atoms with Gasteiger partial charge in [0.2, 0.25) is 5.78 Å². The molecule has 1 fully saturated rings. The highest BCUT2D eigenvalue weighted by Crippen LogP contribution is 2.27. The third-order valence-electron chi connectivity index (χ3n) is 7.34. The number of rotatable bonds is 9. The Kier molecular flexibility index (Phi) is 7.04. The summed E-state index contributed by atoms with van der Waals surface area (Å²) in [5.41, 5.74) is 1.86. The zero-order valence-electron chi connectivity index (χ0n) is 22.5. The first-order chi connectivity index (χ1) is 19.5. The van der Waals surface area contributed by atoms with E-state index in [0.29, 0.717) is 55.1 Å². The zero-order valence-corrected chi connectivity index (χ0v) is 22.5. The summed E-state index contributed by atoms with van der Waals surface area (Å²) in [5, 5.41) is 1.46. The summed E-state index contributed by atoms with van der Waals surface area (Å²) in [6, 6.07) is 8.66. The molecule has 0 bridgehead atoms. The van der Waals surface area contributed by atoms with Gasteiger partial charge in [0, 0.05) is 65.2 Å². The Hall–Kier alpha value is -4.14. The van der Waals surface area contributed by atoms with E-state index in [0.717, 1.165) is 31.9 Å². The molecular weight excluding hydrogens is 521 g/mol. The molecule has 212 valence electrons. The van der Waals surface area contributed by atoms with Crippen LogP contribution in [-0.2, 0) is 18.3 Å². The number of anilines is 2. The number of hydrogen-bond acceptors (Lipinski definition) is 10. The SMILES string of the molecule is COCCOc1ccc(N2CCN(CCn3c(=O)n(C)n4c5c(nc34)N(N)CN=C5c3ccco3)CC2)cc1F. The Labute approximate surface area is 229 Å². The number of ether oxygens (including phenoxy) is 2. The van der Waals surface area contributed by atoms with Crippen molar-refractivity contribution >= 4 is 23.0 Å². The molecule has 0 saturated carbocycles. The quantitative estimate of drug-likeness (QED) is 0.238. The normalized spacial score (nSPS) is 16.1. The zero-order chi connectivity index (χ0) is 27.8. The molecule has 0 atom stereocenters. The van der Waals surface area contributed by atoms with Gasteiger partial charge < -0.3 is 18.8 Å². The molecule has 2 aliphatic rings. The fourth-order valence-corrected chi connectivity index (χ4v) is 5.20. The van der Waals surface area contributed by atoms with Crippen LogP contribution in [0.5, 0.6) is 5.75 Å². The average Bonchev–Trinajstić information content (AvgIpc) is 3.68. The van der Waals surface area contributed by atoms with Gasteiger partial charge in [-0.25, -0.2) is 24.2 Å². The number of hydrogen-bond donors (Lipinski definition) is 1. The van der Waals surface area contributed by atoms with E-state index in [1.165, 1.54) is 15.8 Å². The number of hydrazine groups is 1. The van der Waals surface area contributed by atoms with Crippen molar-refractivity contribution in [2.24, 2.45) is 17.9 Å². The molecule has 0 aliphatic carbocycles. The van der Waals surface area contributed by atoms with Crippen molar-refractivity contribution in [1.82, 2.24) is 23.6 Å². The average molecular weight is 554 g/mol. The monoisotopic (exact) mass is 553 g/mol. The topological polar surface area (TPSA) is 124 Å². The first kappa shape index (κ1) is 26.1. The number of methoxy groups -OCH3 is 1. The van der Waals surface area contributed by atoms with Gasteiger partial charge in [-0.1, -0.05) is 0 Å². The lowest BCUT2D eigenvalue weighted by Crippen LogP contribution is -2.47. The number of aromatic nitrogens is 4. The van der Waals surface area contributed by atoms with Gasteiger partial charge in [0.25, 0.3) is 0 Å². The maximum Gasteiger partial charge on any atom is 0.345 e. The number of fused-ring (bicyclic) bond motifs is 3. The third kappa shape index (κ3) is 4.63. The molecule has 6 rings (SSSR count). The van der Waals surface area contributed by atoms with E-state index in [2.05, 4.69) is 14.8 Å².